The molecule has 2 heteroatoms. The fourth-order valence-corrected chi connectivity index (χ4v) is 1.62. The lowest BCUT2D eigenvalue weighted by Crippen LogP contribution is -1.99. The maximum absolute atomic E-state index is 11.4. The smallest absolute Gasteiger partial charge is 0.132 e. The molecule has 0 aromatic carbocycles. The minimum absolute atomic E-state index is 0.433. The fraction of sp³-hybridized carbons (Fsp3) is 0.923. The van der Waals surface area contributed by atoms with Crippen molar-refractivity contribution in [2.75, 3.05) is 13.7 Å². The Bertz CT molecular complexity index is 143. The molecule has 0 unspecified atom stereocenters. The highest BCUT2D eigenvalue weighted by Crippen LogP contribution is 2.07. The lowest BCUT2D eigenvalue weighted by atomic mass is 10.1. The summed E-state index contributed by atoms with van der Waals surface area (Å²) in [7, 11) is 1.70. The van der Waals surface area contributed by atoms with Gasteiger partial charge < -0.3 is 4.74 Å². The van der Waals surface area contributed by atoms with E-state index in [1.807, 2.05) is 0 Å². The van der Waals surface area contributed by atoms with E-state index in [1.54, 1.807) is 7.11 Å². The van der Waals surface area contributed by atoms with Crippen LogP contribution in [0.3, 0.4) is 0 Å². The maximum Gasteiger partial charge on any atom is 0.132 e. The van der Waals surface area contributed by atoms with E-state index in [0.717, 1.165) is 38.7 Å². The van der Waals surface area contributed by atoms with E-state index in [0.29, 0.717) is 5.78 Å². The molecular formula is C13H26O2. The number of ether oxygens (including phenoxy) is 1. The molecule has 0 saturated carbocycles. The number of rotatable bonds is 11. The van der Waals surface area contributed by atoms with Gasteiger partial charge in [0.15, 0.2) is 0 Å². The quantitative estimate of drug-likeness (QED) is 0.490. The van der Waals surface area contributed by atoms with Gasteiger partial charge in [0, 0.05) is 26.6 Å². The van der Waals surface area contributed by atoms with E-state index < -0.39 is 0 Å². The first kappa shape index (κ1) is 14.6. The summed E-state index contributed by atoms with van der Waals surface area (Å²) in [5.74, 6) is 0.433. The van der Waals surface area contributed by atoms with Gasteiger partial charge in [-0.25, -0.2) is 0 Å². The molecule has 0 spiro atoms. The van der Waals surface area contributed by atoms with Gasteiger partial charge in [0.25, 0.3) is 0 Å². The van der Waals surface area contributed by atoms with Crippen LogP contribution in [0.2, 0.25) is 0 Å². The average molecular weight is 214 g/mol. The molecule has 0 bridgehead atoms. The van der Waals surface area contributed by atoms with Crippen LogP contribution in [0.4, 0.5) is 0 Å². The van der Waals surface area contributed by atoms with Gasteiger partial charge in [-0.1, -0.05) is 32.6 Å². The van der Waals surface area contributed by atoms with Crippen molar-refractivity contribution in [1.82, 2.24) is 0 Å². The van der Waals surface area contributed by atoms with Gasteiger partial charge in [0.1, 0.15) is 5.78 Å². The Morgan fingerprint density at radius 3 is 2.13 bits per heavy atom. The van der Waals surface area contributed by atoms with Crippen molar-refractivity contribution in [3.63, 3.8) is 0 Å². The first-order valence-corrected chi connectivity index (χ1v) is 6.32. The molecule has 2 nitrogen and oxygen atoms in total. The molecule has 90 valence electrons. The lowest BCUT2D eigenvalue weighted by molar-refractivity contribution is -0.119. The molecule has 0 aromatic heterocycles. The Balaban J connectivity index is 3.11. The summed E-state index contributed by atoms with van der Waals surface area (Å²) in [6, 6.07) is 0. The zero-order valence-corrected chi connectivity index (χ0v) is 10.4. The van der Waals surface area contributed by atoms with Crippen LogP contribution < -0.4 is 0 Å². The van der Waals surface area contributed by atoms with Crippen LogP contribution in [0.25, 0.3) is 0 Å². The summed E-state index contributed by atoms with van der Waals surface area (Å²) in [4.78, 5) is 11.4. The number of hydrogen-bond acceptors (Lipinski definition) is 2. The molecule has 0 heterocycles. The van der Waals surface area contributed by atoms with Crippen molar-refractivity contribution in [2.45, 2.75) is 64.7 Å². The highest BCUT2D eigenvalue weighted by Gasteiger charge is 2.01. The Kier molecular flexibility index (Phi) is 11.4. The van der Waals surface area contributed by atoms with Gasteiger partial charge in [-0.05, 0) is 19.3 Å². The Labute approximate surface area is 94.4 Å². The number of carbonyl (C=O) groups is 1. The standard InChI is InChI=1S/C13H26O2/c1-3-4-5-6-7-10-13(14)11-8-9-12-15-2/h3-12H2,1-2H3. The van der Waals surface area contributed by atoms with Crippen molar-refractivity contribution in [2.24, 2.45) is 0 Å². The van der Waals surface area contributed by atoms with Crippen LogP contribution in [0, 0.1) is 0 Å². The monoisotopic (exact) mass is 214 g/mol. The zero-order valence-electron chi connectivity index (χ0n) is 10.4. The third-order valence-corrected chi connectivity index (χ3v) is 2.61. The Morgan fingerprint density at radius 1 is 0.933 bits per heavy atom. The van der Waals surface area contributed by atoms with Crippen molar-refractivity contribution < 1.29 is 9.53 Å². The normalized spacial score (nSPS) is 10.5. The summed E-state index contributed by atoms with van der Waals surface area (Å²) in [6.45, 7) is 2.99. The lowest BCUT2D eigenvalue weighted by Gasteiger charge is -2.01. The van der Waals surface area contributed by atoms with E-state index >= 15 is 0 Å². The molecule has 0 radical (unpaired) electrons. The van der Waals surface area contributed by atoms with E-state index in [4.69, 9.17) is 4.74 Å². The Morgan fingerprint density at radius 2 is 1.53 bits per heavy atom. The number of methoxy groups -OCH3 is 1. The number of hydrogen-bond donors (Lipinski definition) is 0. The van der Waals surface area contributed by atoms with Crippen LogP contribution in [0.15, 0.2) is 0 Å². The summed E-state index contributed by atoms with van der Waals surface area (Å²) in [5.41, 5.74) is 0. The SMILES string of the molecule is CCCCCCCC(=O)CCCCOC. The summed E-state index contributed by atoms with van der Waals surface area (Å²) >= 11 is 0. The minimum atomic E-state index is 0.433. The summed E-state index contributed by atoms with van der Waals surface area (Å²) in [5, 5.41) is 0. The predicted molar refractivity (Wildman–Crippen MR) is 64.1 cm³/mol. The van der Waals surface area contributed by atoms with Crippen LogP contribution >= 0.6 is 0 Å². The first-order chi connectivity index (χ1) is 7.31. The van der Waals surface area contributed by atoms with E-state index in [1.165, 1.54) is 25.7 Å². The largest absolute Gasteiger partial charge is 0.385 e. The molecule has 0 aliphatic heterocycles. The molecule has 0 fully saturated rings. The van der Waals surface area contributed by atoms with Gasteiger partial charge in [-0.2, -0.15) is 0 Å². The molecule has 15 heavy (non-hydrogen) atoms. The molecule has 0 N–H and O–H groups in total. The van der Waals surface area contributed by atoms with Crippen molar-refractivity contribution in [3.05, 3.63) is 0 Å². The van der Waals surface area contributed by atoms with Gasteiger partial charge in [0.05, 0.1) is 0 Å². The Hall–Kier alpha value is -0.370. The predicted octanol–water partition coefficient (Wildman–Crippen LogP) is 3.73. The molecule has 0 rings (SSSR count). The first-order valence-electron chi connectivity index (χ1n) is 6.32. The van der Waals surface area contributed by atoms with E-state index in [2.05, 4.69) is 6.92 Å². The highest BCUT2D eigenvalue weighted by atomic mass is 16.5. The molecular weight excluding hydrogens is 188 g/mol. The zero-order chi connectivity index (χ0) is 11.4. The molecule has 0 aromatic rings. The third kappa shape index (κ3) is 11.6. The van der Waals surface area contributed by atoms with Crippen molar-refractivity contribution >= 4 is 5.78 Å². The van der Waals surface area contributed by atoms with Gasteiger partial charge in [-0.15, -0.1) is 0 Å². The topological polar surface area (TPSA) is 26.3 Å². The van der Waals surface area contributed by atoms with E-state index in [9.17, 15) is 4.79 Å². The number of carbonyl (C=O) groups excluding carboxylic acids is 1. The second-order valence-corrected chi connectivity index (χ2v) is 4.15. The minimum Gasteiger partial charge on any atom is -0.385 e. The van der Waals surface area contributed by atoms with Crippen LogP contribution in [0.1, 0.15) is 64.7 Å². The fourth-order valence-electron chi connectivity index (χ4n) is 1.62. The molecule has 0 amide bonds. The van der Waals surface area contributed by atoms with Crippen LogP contribution in [-0.4, -0.2) is 19.5 Å². The molecule has 0 saturated heterocycles. The summed E-state index contributed by atoms with van der Waals surface area (Å²) < 4.78 is 4.94. The molecule has 0 aliphatic rings. The van der Waals surface area contributed by atoms with Gasteiger partial charge in [-0.3, -0.25) is 4.79 Å². The number of ketones is 1. The van der Waals surface area contributed by atoms with Gasteiger partial charge in [0.2, 0.25) is 0 Å². The summed E-state index contributed by atoms with van der Waals surface area (Å²) in [6.07, 6.45) is 9.70. The third-order valence-electron chi connectivity index (χ3n) is 2.61. The molecule has 0 aliphatic carbocycles. The second-order valence-electron chi connectivity index (χ2n) is 4.15. The van der Waals surface area contributed by atoms with Crippen molar-refractivity contribution in [3.8, 4) is 0 Å². The van der Waals surface area contributed by atoms with Crippen LogP contribution in [0.5, 0.6) is 0 Å². The maximum atomic E-state index is 11.4. The van der Waals surface area contributed by atoms with E-state index in [-0.39, 0.29) is 0 Å². The average Bonchev–Trinajstić information content (AvgIpc) is 2.24. The van der Waals surface area contributed by atoms with Crippen molar-refractivity contribution in [1.29, 1.82) is 0 Å². The second kappa shape index (κ2) is 11.7. The number of Topliss-reactive ketones (excluding diaryl/α,β-unsaturated/α-hetero) is 1. The number of unbranched alkanes of at least 4 members (excludes halogenated alkanes) is 5. The highest BCUT2D eigenvalue weighted by molar-refractivity contribution is 5.78. The van der Waals surface area contributed by atoms with Crippen LogP contribution in [-0.2, 0) is 9.53 Å². The van der Waals surface area contributed by atoms with Gasteiger partial charge >= 0.3 is 0 Å². The molecule has 0 atom stereocenters.